The number of carbonyl (C=O) groups excluding carboxylic acids is 1. The number of hydrogen-bond acceptors (Lipinski definition) is 2. The molecule has 0 spiro atoms. The number of aromatic nitrogens is 2. The minimum atomic E-state index is -0.117. The van der Waals surface area contributed by atoms with Crippen LogP contribution in [0.5, 0.6) is 0 Å². The van der Waals surface area contributed by atoms with Crippen molar-refractivity contribution in [2.24, 2.45) is 7.05 Å². The SMILES string of the molecule is CCNC(=O)c1ncc(C)n1C. The minimum Gasteiger partial charge on any atom is -0.350 e. The monoisotopic (exact) mass is 167 g/mol. The van der Waals surface area contributed by atoms with Crippen LogP contribution in [0, 0.1) is 6.92 Å². The van der Waals surface area contributed by atoms with Gasteiger partial charge in [-0.2, -0.15) is 0 Å². The van der Waals surface area contributed by atoms with Gasteiger partial charge in [-0.05, 0) is 13.8 Å². The Kier molecular flexibility index (Phi) is 2.47. The highest BCUT2D eigenvalue weighted by atomic mass is 16.2. The third kappa shape index (κ3) is 1.47. The summed E-state index contributed by atoms with van der Waals surface area (Å²) in [6, 6.07) is 0. The van der Waals surface area contributed by atoms with E-state index in [0.29, 0.717) is 12.4 Å². The van der Waals surface area contributed by atoms with Crippen molar-refractivity contribution in [3.05, 3.63) is 17.7 Å². The topological polar surface area (TPSA) is 46.9 Å². The Morgan fingerprint density at radius 1 is 1.75 bits per heavy atom. The fraction of sp³-hybridized carbons (Fsp3) is 0.500. The third-order valence-corrected chi connectivity index (χ3v) is 1.76. The summed E-state index contributed by atoms with van der Waals surface area (Å²) in [5.74, 6) is 0.349. The smallest absolute Gasteiger partial charge is 0.287 e. The Hall–Kier alpha value is -1.32. The van der Waals surface area contributed by atoms with Crippen LogP contribution in [0.4, 0.5) is 0 Å². The minimum absolute atomic E-state index is 0.117. The van der Waals surface area contributed by atoms with Gasteiger partial charge in [0.05, 0.1) is 0 Å². The Labute approximate surface area is 71.6 Å². The van der Waals surface area contributed by atoms with Crippen molar-refractivity contribution in [2.75, 3.05) is 6.54 Å². The number of carbonyl (C=O) groups is 1. The lowest BCUT2D eigenvalue weighted by atomic mass is 10.5. The van der Waals surface area contributed by atoms with Gasteiger partial charge in [0.25, 0.3) is 5.91 Å². The lowest BCUT2D eigenvalue weighted by Gasteiger charge is -2.02. The number of nitrogens with zero attached hydrogens (tertiary/aromatic N) is 2. The van der Waals surface area contributed by atoms with Gasteiger partial charge in [0.15, 0.2) is 5.82 Å². The van der Waals surface area contributed by atoms with E-state index in [1.54, 1.807) is 10.8 Å². The molecule has 1 N–H and O–H groups in total. The number of nitrogens with one attached hydrogen (secondary N) is 1. The van der Waals surface area contributed by atoms with Crippen molar-refractivity contribution < 1.29 is 4.79 Å². The van der Waals surface area contributed by atoms with Crippen molar-refractivity contribution >= 4 is 5.91 Å². The zero-order valence-electron chi connectivity index (χ0n) is 7.59. The summed E-state index contributed by atoms with van der Waals surface area (Å²) in [6.45, 7) is 4.42. The van der Waals surface area contributed by atoms with Crippen molar-refractivity contribution in [3.8, 4) is 0 Å². The van der Waals surface area contributed by atoms with Gasteiger partial charge in [-0.3, -0.25) is 4.79 Å². The first-order valence-electron chi connectivity index (χ1n) is 3.93. The van der Waals surface area contributed by atoms with Gasteiger partial charge in [0, 0.05) is 25.5 Å². The van der Waals surface area contributed by atoms with E-state index >= 15 is 0 Å². The molecule has 0 bridgehead atoms. The molecule has 0 aromatic carbocycles. The van der Waals surface area contributed by atoms with Crippen LogP contribution in [0.15, 0.2) is 6.20 Å². The van der Waals surface area contributed by atoms with E-state index in [1.807, 2.05) is 20.9 Å². The van der Waals surface area contributed by atoms with Gasteiger partial charge < -0.3 is 9.88 Å². The zero-order valence-corrected chi connectivity index (χ0v) is 7.59. The van der Waals surface area contributed by atoms with Crippen LogP contribution in [0.1, 0.15) is 23.2 Å². The van der Waals surface area contributed by atoms with E-state index in [0.717, 1.165) is 5.69 Å². The fourth-order valence-corrected chi connectivity index (χ4v) is 0.945. The van der Waals surface area contributed by atoms with E-state index < -0.39 is 0 Å². The van der Waals surface area contributed by atoms with Crippen molar-refractivity contribution in [3.63, 3.8) is 0 Å². The van der Waals surface area contributed by atoms with Crippen LogP contribution in [0.25, 0.3) is 0 Å². The fourth-order valence-electron chi connectivity index (χ4n) is 0.945. The van der Waals surface area contributed by atoms with Crippen molar-refractivity contribution in [1.29, 1.82) is 0 Å². The van der Waals surface area contributed by atoms with Gasteiger partial charge >= 0.3 is 0 Å². The lowest BCUT2D eigenvalue weighted by Crippen LogP contribution is -2.25. The third-order valence-electron chi connectivity index (χ3n) is 1.76. The summed E-state index contributed by atoms with van der Waals surface area (Å²) >= 11 is 0. The largest absolute Gasteiger partial charge is 0.350 e. The summed E-state index contributed by atoms with van der Waals surface area (Å²) in [5.41, 5.74) is 0.983. The zero-order chi connectivity index (χ0) is 9.14. The maximum Gasteiger partial charge on any atom is 0.287 e. The highest BCUT2D eigenvalue weighted by Gasteiger charge is 2.10. The first kappa shape index (κ1) is 8.77. The van der Waals surface area contributed by atoms with Crippen LogP contribution in [0.2, 0.25) is 0 Å². The Morgan fingerprint density at radius 3 is 2.83 bits per heavy atom. The molecule has 0 radical (unpaired) electrons. The molecule has 12 heavy (non-hydrogen) atoms. The molecule has 0 atom stereocenters. The van der Waals surface area contributed by atoms with Gasteiger partial charge in [-0.25, -0.2) is 4.98 Å². The van der Waals surface area contributed by atoms with Gasteiger partial charge in [0.2, 0.25) is 0 Å². The molecule has 0 unspecified atom stereocenters. The predicted molar refractivity (Wildman–Crippen MR) is 46.0 cm³/mol. The average Bonchev–Trinajstić information content (AvgIpc) is 2.34. The van der Waals surface area contributed by atoms with E-state index in [1.165, 1.54) is 0 Å². The molecular weight excluding hydrogens is 154 g/mol. The summed E-state index contributed by atoms with van der Waals surface area (Å²) in [4.78, 5) is 15.3. The molecule has 1 aromatic heterocycles. The summed E-state index contributed by atoms with van der Waals surface area (Å²) in [6.07, 6.45) is 1.69. The summed E-state index contributed by atoms with van der Waals surface area (Å²) in [5, 5.41) is 2.69. The number of aryl methyl sites for hydroxylation is 1. The van der Waals surface area contributed by atoms with Crippen LogP contribution in [0.3, 0.4) is 0 Å². The molecule has 0 aliphatic heterocycles. The molecule has 1 amide bonds. The average molecular weight is 167 g/mol. The molecule has 0 aliphatic rings. The normalized spacial score (nSPS) is 9.92. The first-order chi connectivity index (χ1) is 5.66. The maximum absolute atomic E-state index is 11.3. The summed E-state index contributed by atoms with van der Waals surface area (Å²) in [7, 11) is 1.83. The molecule has 0 fully saturated rings. The summed E-state index contributed by atoms with van der Waals surface area (Å²) < 4.78 is 1.77. The molecule has 4 heteroatoms. The lowest BCUT2D eigenvalue weighted by molar-refractivity contribution is 0.0942. The highest BCUT2D eigenvalue weighted by molar-refractivity contribution is 5.90. The number of amides is 1. The predicted octanol–water partition coefficient (Wildman–Crippen LogP) is 0.478. The second kappa shape index (κ2) is 3.38. The number of rotatable bonds is 2. The molecule has 66 valence electrons. The van der Waals surface area contributed by atoms with E-state index in [-0.39, 0.29) is 5.91 Å². The molecule has 0 aliphatic carbocycles. The molecule has 1 heterocycles. The maximum atomic E-state index is 11.3. The van der Waals surface area contributed by atoms with E-state index in [4.69, 9.17) is 0 Å². The van der Waals surface area contributed by atoms with Gasteiger partial charge in [0.1, 0.15) is 0 Å². The Morgan fingerprint density at radius 2 is 2.42 bits per heavy atom. The van der Waals surface area contributed by atoms with Crippen LogP contribution >= 0.6 is 0 Å². The van der Waals surface area contributed by atoms with Gasteiger partial charge in [-0.15, -0.1) is 0 Å². The second-order valence-electron chi connectivity index (χ2n) is 2.64. The molecule has 0 saturated carbocycles. The van der Waals surface area contributed by atoms with E-state index in [9.17, 15) is 4.79 Å². The molecular formula is C8H13N3O. The Balaban J connectivity index is 2.88. The number of imidazole rings is 1. The molecule has 0 saturated heterocycles. The van der Waals surface area contributed by atoms with Gasteiger partial charge in [-0.1, -0.05) is 0 Å². The first-order valence-corrected chi connectivity index (χ1v) is 3.93. The Bertz CT molecular complexity index is 290. The standard InChI is InChI=1S/C8H13N3O/c1-4-9-8(12)7-10-5-6(2)11(7)3/h5H,4H2,1-3H3,(H,9,12). The van der Waals surface area contributed by atoms with Crippen molar-refractivity contribution in [1.82, 2.24) is 14.9 Å². The molecule has 1 rings (SSSR count). The van der Waals surface area contributed by atoms with Crippen molar-refractivity contribution in [2.45, 2.75) is 13.8 Å². The highest BCUT2D eigenvalue weighted by Crippen LogP contribution is 2.00. The second-order valence-corrected chi connectivity index (χ2v) is 2.64. The van der Waals surface area contributed by atoms with Crippen LogP contribution in [-0.4, -0.2) is 22.0 Å². The molecule has 1 aromatic rings. The quantitative estimate of drug-likeness (QED) is 0.696. The van der Waals surface area contributed by atoms with Crippen LogP contribution < -0.4 is 5.32 Å². The van der Waals surface area contributed by atoms with Crippen LogP contribution in [-0.2, 0) is 7.05 Å². The van der Waals surface area contributed by atoms with E-state index in [2.05, 4.69) is 10.3 Å². The number of hydrogen-bond donors (Lipinski definition) is 1. The molecule has 4 nitrogen and oxygen atoms in total.